The standard InChI is InChI=1S/C14H11ClFNO2/c15-10-3-1-9(2-4-10)7-12(14(18)19)13-6-5-11(16)8-17-13/h1-6,8,12H,7H2,(H,18,19). The summed E-state index contributed by atoms with van der Waals surface area (Å²) in [5, 5.41) is 9.85. The molecule has 0 aliphatic rings. The van der Waals surface area contributed by atoms with Gasteiger partial charge in [0.2, 0.25) is 0 Å². The molecule has 0 aliphatic heterocycles. The lowest BCUT2D eigenvalue weighted by atomic mass is 9.96. The lowest BCUT2D eigenvalue weighted by Crippen LogP contribution is -2.15. The Balaban J connectivity index is 2.23. The second-order valence-electron chi connectivity index (χ2n) is 4.12. The number of nitrogens with zero attached hydrogens (tertiary/aromatic N) is 1. The van der Waals surface area contributed by atoms with Crippen LogP contribution >= 0.6 is 11.6 Å². The van der Waals surface area contributed by atoms with Crippen molar-refractivity contribution in [2.45, 2.75) is 12.3 Å². The first-order valence-corrected chi connectivity index (χ1v) is 6.03. The zero-order chi connectivity index (χ0) is 13.8. The maximum absolute atomic E-state index is 12.8. The predicted octanol–water partition coefficient (Wildman–Crippen LogP) is 3.29. The minimum atomic E-state index is -0.992. The number of carbonyl (C=O) groups is 1. The summed E-state index contributed by atoms with van der Waals surface area (Å²) < 4.78 is 12.8. The highest BCUT2D eigenvalue weighted by Crippen LogP contribution is 2.21. The van der Waals surface area contributed by atoms with Gasteiger partial charge in [-0.15, -0.1) is 0 Å². The van der Waals surface area contributed by atoms with E-state index in [2.05, 4.69) is 4.98 Å². The van der Waals surface area contributed by atoms with Gasteiger partial charge in [0.05, 0.1) is 11.9 Å². The number of aliphatic carboxylic acids is 1. The molecule has 19 heavy (non-hydrogen) atoms. The monoisotopic (exact) mass is 279 g/mol. The minimum Gasteiger partial charge on any atom is -0.481 e. The lowest BCUT2D eigenvalue weighted by molar-refractivity contribution is -0.138. The summed E-state index contributed by atoms with van der Waals surface area (Å²) in [6.07, 6.45) is 1.30. The van der Waals surface area contributed by atoms with E-state index >= 15 is 0 Å². The molecule has 0 radical (unpaired) electrons. The van der Waals surface area contributed by atoms with Crippen LogP contribution in [0.3, 0.4) is 0 Å². The van der Waals surface area contributed by atoms with Gasteiger partial charge in [-0.05, 0) is 36.2 Å². The van der Waals surface area contributed by atoms with Crippen molar-refractivity contribution in [2.24, 2.45) is 0 Å². The van der Waals surface area contributed by atoms with E-state index in [1.54, 1.807) is 24.3 Å². The van der Waals surface area contributed by atoms with Gasteiger partial charge >= 0.3 is 5.97 Å². The molecule has 1 atom stereocenters. The van der Waals surface area contributed by atoms with Crippen molar-refractivity contribution >= 4 is 17.6 Å². The van der Waals surface area contributed by atoms with Crippen molar-refractivity contribution < 1.29 is 14.3 Å². The highest BCUT2D eigenvalue weighted by molar-refractivity contribution is 6.30. The number of rotatable bonds is 4. The van der Waals surface area contributed by atoms with E-state index in [-0.39, 0.29) is 6.42 Å². The van der Waals surface area contributed by atoms with Gasteiger partial charge in [-0.2, -0.15) is 0 Å². The largest absolute Gasteiger partial charge is 0.481 e. The van der Waals surface area contributed by atoms with Crippen LogP contribution in [0, 0.1) is 5.82 Å². The third kappa shape index (κ3) is 3.51. The van der Waals surface area contributed by atoms with E-state index < -0.39 is 17.7 Å². The summed E-state index contributed by atoms with van der Waals surface area (Å²) in [5.41, 5.74) is 1.17. The van der Waals surface area contributed by atoms with Gasteiger partial charge in [-0.3, -0.25) is 9.78 Å². The van der Waals surface area contributed by atoms with Crippen molar-refractivity contribution in [3.05, 3.63) is 64.7 Å². The van der Waals surface area contributed by atoms with Gasteiger partial charge in [0.15, 0.2) is 0 Å². The lowest BCUT2D eigenvalue weighted by Gasteiger charge is -2.11. The number of benzene rings is 1. The van der Waals surface area contributed by atoms with Crippen LogP contribution in [0.5, 0.6) is 0 Å². The highest BCUT2D eigenvalue weighted by Gasteiger charge is 2.21. The Morgan fingerprint density at radius 1 is 1.26 bits per heavy atom. The molecule has 0 saturated heterocycles. The van der Waals surface area contributed by atoms with E-state index in [1.807, 2.05) is 0 Å². The molecular formula is C14H11ClFNO2. The van der Waals surface area contributed by atoms with Crippen LogP contribution in [0.15, 0.2) is 42.6 Å². The van der Waals surface area contributed by atoms with Crippen molar-refractivity contribution in [3.63, 3.8) is 0 Å². The average molecular weight is 280 g/mol. The Labute approximate surface area is 114 Å². The van der Waals surface area contributed by atoms with Crippen molar-refractivity contribution in [1.82, 2.24) is 4.98 Å². The molecule has 1 heterocycles. The molecule has 1 unspecified atom stereocenters. The van der Waals surface area contributed by atoms with Crippen LogP contribution in [-0.4, -0.2) is 16.1 Å². The zero-order valence-corrected chi connectivity index (χ0v) is 10.6. The third-order valence-electron chi connectivity index (χ3n) is 2.76. The first kappa shape index (κ1) is 13.5. The predicted molar refractivity (Wildman–Crippen MR) is 69.7 cm³/mol. The second kappa shape index (κ2) is 5.80. The third-order valence-corrected chi connectivity index (χ3v) is 3.01. The number of carboxylic acid groups (broad SMARTS) is 1. The van der Waals surface area contributed by atoms with Crippen LogP contribution in [0.25, 0.3) is 0 Å². The van der Waals surface area contributed by atoms with Crippen LogP contribution in [0.4, 0.5) is 4.39 Å². The molecule has 1 aromatic heterocycles. The SMILES string of the molecule is O=C(O)C(Cc1ccc(Cl)cc1)c1ccc(F)cn1. The average Bonchev–Trinajstić information content (AvgIpc) is 2.39. The number of hydrogen-bond acceptors (Lipinski definition) is 2. The summed E-state index contributed by atoms with van der Waals surface area (Å²) in [7, 11) is 0. The highest BCUT2D eigenvalue weighted by atomic mass is 35.5. The normalized spacial score (nSPS) is 12.1. The topological polar surface area (TPSA) is 50.2 Å². The van der Waals surface area contributed by atoms with Crippen molar-refractivity contribution in [1.29, 1.82) is 0 Å². The van der Waals surface area contributed by atoms with E-state index in [0.29, 0.717) is 10.7 Å². The fourth-order valence-electron chi connectivity index (χ4n) is 1.77. The maximum Gasteiger partial charge on any atom is 0.312 e. The Kier molecular flexibility index (Phi) is 4.12. The van der Waals surface area contributed by atoms with Crippen LogP contribution in [0.2, 0.25) is 5.02 Å². The number of carboxylic acids is 1. The quantitative estimate of drug-likeness (QED) is 0.934. The Bertz CT molecular complexity index is 569. The smallest absolute Gasteiger partial charge is 0.312 e. The van der Waals surface area contributed by atoms with Gasteiger partial charge in [-0.25, -0.2) is 4.39 Å². The van der Waals surface area contributed by atoms with E-state index in [1.165, 1.54) is 12.1 Å². The summed E-state index contributed by atoms with van der Waals surface area (Å²) in [6.45, 7) is 0. The summed E-state index contributed by atoms with van der Waals surface area (Å²) in [4.78, 5) is 15.1. The number of pyridine rings is 1. The molecule has 0 aliphatic carbocycles. The Morgan fingerprint density at radius 3 is 2.47 bits per heavy atom. The van der Waals surface area contributed by atoms with Gasteiger partial charge in [0, 0.05) is 5.02 Å². The molecule has 5 heteroatoms. The summed E-state index contributed by atoms with van der Waals surface area (Å²) in [6, 6.07) is 9.54. The van der Waals surface area contributed by atoms with Crippen LogP contribution in [0.1, 0.15) is 17.2 Å². The van der Waals surface area contributed by atoms with Crippen LogP contribution in [-0.2, 0) is 11.2 Å². The fraction of sp³-hybridized carbons (Fsp3) is 0.143. The Hall–Kier alpha value is -1.94. The van der Waals surface area contributed by atoms with Gasteiger partial charge in [-0.1, -0.05) is 23.7 Å². The van der Waals surface area contributed by atoms with E-state index in [0.717, 1.165) is 11.8 Å². The maximum atomic E-state index is 12.8. The fourth-order valence-corrected chi connectivity index (χ4v) is 1.89. The van der Waals surface area contributed by atoms with Gasteiger partial charge < -0.3 is 5.11 Å². The van der Waals surface area contributed by atoms with E-state index in [9.17, 15) is 14.3 Å². The molecule has 1 N–H and O–H groups in total. The molecule has 0 bridgehead atoms. The molecule has 2 rings (SSSR count). The van der Waals surface area contributed by atoms with Crippen molar-refractivity contribution in [2.75, 3.05) is 0 Å². The second-order valence-corrected chi connectivity index (χ2v) is 4.56. The summed E-state index contributed by atoms with van der Waals surface area (Å²) in [5.74, 6) is -2.28. The molecule has 2 aromatic rings. The number of halogens is 2. The molecule has 0 saturated carbocycles. The Morgan fingerprint density at radius 2 is 1.95 bits per heavy atom. The van der Waals surface area contributed by atoms with E-state index in [4.69, 9.17) is 11.6 Å². The molecule has 0 fully saturated rings. The molecule has 0 amide bonds. The van der Waals surface area contributed by atoms with Crippen molar-refractivity contribution in [3.8, 4) is 0 Å². The molecule has 1 aromatic carbocycles. The molecule has 3 nitrogen and oxygen atoms in total. The molecule has 98 valence electrons. The van der Waals surface area contributed by atoms with Gasteiger partial charge in [0.1, 0.15) is 11.7 Å². The number of aromatic nitrogens is 1. The summed E-state index contributed by atoms with van der Waals surface area (Å²) >= 11 is 5.77. The number of hydrogen-bond donors (Lipinski definition) is 1. The van der Waals surface area contributed by atoms with Gasteiger partial charge in [0.25, 0.3) is 0 Å². The minimum absolute atomic E-state index is 0.283. The van der Waals surface area contributed by atoms with Crippen LogP contribution < -0.4 is 0 Å². The molecular weight excluding hydrogens is 269 g/mol. The first-order chi connectivity index (χ1) is 9.06. The molecule has 0 spiro atoms. The zero-order valence-electron chi connectivity index (χ0n) is 9.88. The first-order valence-electron chi connectivity index (χ1n) is 5.65.